The van der Waals surface area contributed by atoms with Crippen molar-refractivity contribution in [3.05, 3.63) is 23.8 Å². The number of carbonyl (C=O) groups excluding carboxylic acids is 1. The molecule has 1 amide bonds. The van der Waals surface area contributed by atoms with Crippen LogP contribution < -0.4 is 21.1 Å². The first kappa shape index (κ1) is 13.8. The van der Waals surface area contributed by atoms with Crippen LogP contribution in [0.5, 0.6) is 5.75 Å². The standard InChI is InChI=1S/C12H18N4O2/c1-8(17)16-10-6-9(4-5-11(10)18-3)7-15-12(13)14-2/h4-6H,7H2,1-3H3,(H,16,17)(H3,13,14,15). The van der Waals surface area contributed by atoms with Gasteiger partial charge in [0.15, 0.2) is 5.96 Å². The highest BCUT2D eigenvalue weighted by molar-refractivity contribution is 5.90. The van der Waals surface area contributed by atoms with Gasteiger partial charge in [-0.15, -0.1) is 0 Å². The Morgan fingerprint density at radius 1 is 1.50 bits per heavy atom. The second-order valence-corrected chi connectivity index (χ2v) is 3.68. The number of hydrogen-bond donors (Lipinski definition) is 3. The molecule has 0 radical (unpaired) electrons. The van der Waals surface area contributed by atoms with Crippen LogP contribution in [-0.4, -0.2) is 26.0 Å². The Bertz CT molecular complexity index is 457. The van der Waals surface area contributed by atoms with Crippen LogP contribution in [0.4, 0.5) is 5.69 Å². The van der Waals surface area contributed by atoms with Gasteiger partial charge in [0.1, 0.15) is 5.75 Å². The molecule has 98 valence electrons. The maximum atomic E-state index is 11.1. The van der Waals surface area contributed by atoms with E-state index in [1.807, 2.05) is 12.1 Å². The van der Waals surface area contributed by atoms with E-state index in [1.54, 1.807) is 20.2 Å². The molecule has 6 heteroatoms. The fourth-order valence-electron chi connectivity index (χ4n) is 1.42. The molecule has 0 aliphatic heterocycles. The van der Waals surface area contributed by atoms with Gasteiger partial charge in [-0.2, -0.15) is 0 Å². The first-order valence-corrected chi connectivity index (χ1v) is 5.47. The Labute approximate surface area is 106 Å². The van der Waals surface area contributed by atoms with Gasteiger partial charge in [-0.05, 0) is 17.7 Å². The minimum absolute atomic E-state index is 0.145. The summed E-state index contributed by atoms with van der Waals surface area (Å²) in [7, 11) is 3.17. The lowest BCUT2D eigenvalue weighted by atomic mass is 10.2. The average molecular weight is 250 g/mol. The van der Waals surface area contributed by atoms with Crippen LogP contribution in [0.3, 0.4) is 0 Å². The van der Waals surface area contributed by atoms with E-state index in [-0.39, 0.29) is 5.91 Å². The molecule has 0 heterocycles. The summed E-state index contributed by atoms with van der Waals surface area (Å²) in [6.07, 6.45) is 0. The maximum Gasteiger partial charge on any atom is 0.221 e. The molecule has 0 unspecified atom stereocenters. The first-order chi connectivity index (χ1) is 8.56. The van der Waals surface area contributed by atoms with E-state index in [0.29, 0.717) is 23.9 Å². The number of hydrogen-bond acceptors (Lipinski definition) is 3. The van der Waals surface area contributed by atoms with Crippen molar-refractivity contribution in [2.45, 2.75) is 13.5 Å². The summed E-state index contributed by atoms with van der Waals surface area (Å²) in [5.41, 5.74) is 7.14. The largest absolute Gasteiger partial charge is 0.495 e. The second-order valence-electron chi connectivity index (χ2n) is 3.68. The van der Waals surface area contributed by atoms with Crippen molar-refractivity contribution in [2.75, 3.05) is 19.5 Å². The highest BCUT2D eigenvalue weighted by atomic mass is 16.5. The number of aliphatic imine (C=N–C) groups is 1. The van der Waals surface area contributed by atoms with E-state index in [4.69, 9.17) is 10.5 Å². The molecule has 1 aromatic carbocycles. The number of nitrogens with two attached hydrogens (primary N) is 1. The molecule has 1 rings (SSSR count). The molecule has 18 heavy (non-hydrogen) atoms. The molecular weight excluding hydrogens is 232 g/mol. The number of ether oxygens (including phenoxy) is 1. The number of methoxy groups -OCH3 is 1. The Kier molecular flexibility index (Phi) is 4.98. The third-order valence-electron chi connectivity index (χ3n) is 2.29. The Hall–Kier alpha value is -2.24. The van der Waals surface area contributed by atoms with Crippen molar-refractivity contribution >= 4 is 17.6 Å². The van der Waals surface area contributed by atoms with Crippen LogP contribution in [0.1, 0.15) is 12.5 Å². The number of benzene rings is 1. The summed E-state index contributed by atoms with van der Waals surface area (Å²) in [6.45, 7) is 1.98. The van der Waals surface area contributed by atoms with E-state index in [9.17, 15) is 4.79 Å². The topological polar surface area (TPSA) is 88.7 Å². The van der Waals surface area contributed by atoms with Crippen molar-refractivity contribution in [3.8, 4) is 5.75 Å². The van der Waals surface area contributed by atoms with E-state index in [0.717, 1.165) is 5.56 Å². The van der Waals surface area contributed by atoms with Gasteiger partial charge in [0.05, 0.1) is 12.8 Å². The summed E-state index contributed by atoms with van der Waals surface area (Å²) < 4.78 is 5.16. The Morgan fingerprint density at radius 3 is 2.78 bits per heavy atom. The van der Waals surface area contributed by atoms with Gasteiger partial charge in [0.25, 0.3) is 0 Å². The fourth-order valence-corrected chi connectivity index (χ4v) is 1.42. The minimum Gasteiger partial charge on any atom is -0.495 e. The Morgan fingerprint density at radius 2 is 2.22 bits per heavy atom. The SMILES string of the molecule is CN=C(N)NCc1ccc(OC)c(NC(C)=O)c1. The molecule has 0 saturated carbocycles. The number of carbonyl (C=O) groups is 1. The number of nitrogens with zero attached hydrogens (tertiary/aromatic N) is 1. The highest BCUT2D eigenvalue weighted by Gasteiger charge is 2.06. The summed E-state index contributed by atoms with van der Waals surface area (Å²) in [6, 6.07) is 5.51. The van der Waals surface area contributed by atoms with E-state index < -0.39 is 0 Å². The smallest absolute Gasteiger partial charge is 0.221 e. The van der Waals surface area contributed by atoms with Crippen molar-refractivity contribution in [2.24, 2.45) is 10.7 Å². The van der Waals surface area contributed by atoms with Crippen LogP contribution in [0, 0.1) is 0 Å². The van der Waals surface area contributed by atoms with Gasteiger partial charge in [-0.1, -0.05) is 6.07 Å². The quantitative estimate of drug-likeness (QED) is 0.542. The van der Waals surface area contributed by atoms with Crippen molar-refractivity contribution < 1.29 is 9.53 Å². The first-order valence-electron chi connectivity index (χ1n) is 5.47. The van der Waals surface area contributed by atoms with Gasteiger partial charge in [-0.25, -0.2) is 0 Å². The molecule has 0 aliphatic rings. The monoisotopic (exact) mass is 250 g/mol. The minimum atomic E-state index is -0.145. The third-order valence-corrected chi connectivity index (χ3v) is 2.29. The van der Waals surface area contributed by atoms with Crippen molar-refractivity contribution in [1.29, 1.82) is 0 Å². The summed E-state index contributed by atoms with van der Waals surface area (Å²) in [4.78, 5) is 14.9. The third kappa shape index (κ3) is 3.97. The van der Waals surface area contributed by atoms with Gasteiger partial charge in [-0.3, -0.25) is 9.79 Å². The van der Waals surface area contributed by atoms with Crippen LogP contribution in [0.25, 0.3) is 0 Å². The van der Waals surface area contributed by atoms with Crippen LogP contribution in [0.2, 0.25) is 0 Å². The summed E-state index contributed by atoms with van der Waals surface area (Å²) >= 11 is 0. The average Bonchev–Trinajstić information content (AvgIpc) is 2.35. The molecular formula is C12H18N4O2. The molecule has 0 aliphatic carbocycles. The molecule has 4 N–H and O–H groups in total. The number of amides is 1. The van der Waals surface area contributed by atoms with Crippen molar-refractivity contribution in [3.63, 3.8) is 0 Å². The lowest BCUT2D eigenvalue weighted by Gasteiger charge is -2.11. The van der Waals surface area contributed by atoms with Crippen LogP contribution in [0.15, 0.2) is 23.2 Å². The summed E-state index contributed by atoms with van der Waals surface area (Å²) in [5.74, 6) is 0.839. The lowest BCUT2D eigenvalue weighted by molar-refractivity contribution is -0.114. The van der Waals surface area contributed by atoms with Crippen LogP contribution in [-0.2, 0) is 11.3 Å². The molecule has 0 bridgehead atoms. The molecule has 0 saturated heterocycles. The Balaban J connectivity index is 2.85. The number of anilines is 1. The molecule has 0 fully saturated rings. The molecule has 0 aromatic heterocycles. The highest BCUT2D eigenvalue weighted by Crippen LogP contribution is 2.25. The normalized spacial score (nSPS) is 10.9. The maximum absolute atomic E-state index is 11.1. The van der Waals surface area contributed by atoms with Gasteiger partial charge < -0.3 is 21.1 Å². The number of nitrogens with one attached hydrogen (secondary N) is 2. The second kappa shape index (κ2) is 6.48. The number of rotatable bonds is 4. The van der Waals surface area contributed by atoms with Crippen LogP contribution >= 0.6 is 0 Å². The lowest BCUT2D eigenvalue weighted by Crippen LogP contribution is -2.30. The van der Waals surface area contributed by atoms with Gasteiger partial charge in [0.2, 0.25) is 5.91 Å². The zero-order valence-electron chi connectivity index (χ0n) is 10.8. The fraction of sp³-hybridized carbons (Fsp3) is 0.333. The van der Waals surface area contributed by atoms with Gasteiger partial charge in [0, 0.05) is 20.5 Å². The molecule has 6 nitrogen and oxygen atoms in total. The predicted molar refractivity (Wildman–Crippen MR) is 71.7 cm³/mol. The predicted octanol–water partition coefficient (Wildman–Crippen LogP) is 0.688. The van der Waals surface area contributed by atoms with Gasteiger partial charge >= 0.3 is 0 Å². The zero-order chi connectivity index (χ0) is 13.5. The molecule has 0 spiro atoms. The van der Waals surface area contributed by atoms with E-state index in [2.05, 4.69) is 15.6 Å². The molecule has 0 atom stereocenters. The van der Waals surface area contributed by atoms with E-state index >= 15 is 0 Å². The number of guanidine groups is 1. The zero-order valence-corrected chi connectivity index (χ0v) is 10.8. The molecule has 1 aromatic rings. The van der Waals surface area contributed by atoms with E-state index in [1.165, 1.54) is 6.92 Å². The van der Waals surface area contributed by atoms with Crippen molar-refractivity contribution in [1.82, 2.24) is 5.32 Å². The summed E-state index contributed by atoms with van der Waals surface area (Å²) in [5, 5.41) is 5.65.